The second-order valence-electron chi connectivity index (χ2n) is 4.83. The fraction of sp³-hybridized carbons (Fsp3) is 1.00. The number of nitrogens with two attached hydrogens (primary N) is 1. The van der Waals surface area contributed by atoms with Gasteiger partial charge in [0.15, 0.2) is 0 Å². The van der Waals surface area contributed by atoms with Gasteiger partial charge in [-0.05, 0) is 13.0 Å². The van der Waals surface area contributed by atoms with Gasteiger partial charge in [0.05, 0.1) is 18.5 Å². The molecule has 1 heterocycles. The first-order chi connectivity index (χ1) is 7.29. The summed E-state index contributed by atoms with van der Waals surface area (Å²) in [6, 6.07) is -0.0340. The third-order valence-electron chi connectivity index (χ3n) is 2.87. The van der Waals surface area contributed by atoms with Crippen molar-refractivity contribution in [2.75, 3.05) is 38.8 Å². The third kappa shape index (κ3) is 4.37. The number of hydrogen-bond acceptors (Lipinski definition) is 5. The Morgan fingerprint density at radius 1 is 1.44 bits per heavy atom. The van der Waals surface area contributed by atoms with E-state index in [1.165, 1.54) is 6.26 Å². The fourth-order valence-corrected chi connectivity index (χ4v) is 2.58. The molecule has 0 spiro atoms. The Bertz CT molecular complexity index is 306. The second-order valence-corrected chi connectivity index (χ2v) is 7.09. The molecule has 0 aliphatic carbocycles. The topological polar surface area (TPSA) is 72.6 Å². The van der Waals surface area contributed by atoms with Gasteiger partial charge >= 0.3 is 0 Å². The lowest BCUT2D eigenvalue weighted by Crippen LogP contribution is -2.55. The third-order valence-corrected chi connectivity index (χ3v) is 3.78. The number of likely N-dealkylation sites (N-methyl/N-ethyl adjacent to an activating group) is 1. The zero-order valence-corrected chi connectivity index (χ0v) is 11.0. The van der Waals surface area contributed by atoms with Crippen LogP contribution in [-0.4, -0.2) is 64.2 Å². The van der Waals surface area contributed by atoms with Gasteiger partial charge in [0.2, 0.25) is 0 Å². The molecule has 0 aromatic rings. The minimum absolute atomic E-state index is 0.0297. The van der Waals surface area contributed by atoms with Crippen molar-refractivity contribution in [3.8, 4) is 0 Å². The number of piperidine rings is 1. The monoisotopic (exact) mass is 250 g/mol. The molecule has 2 N–H and O–H groups in total. The van der Waals surface area contributed by atoms with E-state index in [2.05, 4.69) is 11.8 Å². The van der Waals surface area contributed by atoms with Crippen molar-refractivity contribution >= 4 is 9.84 Å². The summed E-state index contributed by atoms with van der Waals surface area (Å²) < 4.78 is 27.5. The summed E-state index contributed by atoms with van der Waals surface area (Å²) in [5.41, 5.74) is 5.99. The predicted molar refractivity (Wildman–Crippen MR) is 64.1 cm³/mol. The Morgan fingerprint density at radius 3 is 2.56 bits per heavy atom. The molecule has 1 fully saturated rings. The summed E-state index contributed by atoms with van der Waals surface area (Å²) in [4.78, 5) is 2.17. The van der Waals surface area contributed by atoms with Crippen molar-refractivity contribution < 1.29 is 13.2 Å². The average molecular weight is 250 g/mol. The normalized spacial score (nSPS) is 32.9. The van der Waals surface area contributed by atoms with E-state index < -0.39 is 9.84 Å². The first-order valence-electron chi connectivity index (χ1n) is 5.53. The van der Waals surface area contributed by atoms with Gasteiger partial charge in [0.1, 0.15) is 9.84 Å². The molecule has 0 radical (unpaired) electrons. The van der Waals surface area contributed by atoms with Gasteiger partial charge in [-0.2, -0.15) is 0 Å². The van der Waals surface area contributed by atoms with E-state index in [0.29, 0.717) is 5.92 Å². The van der Waals surface area contributed by atoms with Crippen LogP contribution in [0.4, 0.5) is 0 Å². The zero-order chi connectivity index (χ0) is 12.3. The second kappa shape index (κ2) is 5.44. The molecule has 1 rings (SSSR count). The Hall–Kier alpha value is -0.170. The van der Waals surface area contributed by atoms with Crippen molar-refractivity contribution in [2.24, 2.45) is 11.7 Å². The number of ether oxygens (including phenoxy) is 1. The van der Waals surface area contributed by atoms with Crippen LogP contribution in [0.15, 0.2) is 0 Å². The van der Waals surface area contributed by atoms with Crippen molar-refractivity contribution in [2.45, 2.75) is 19.1 Å². The van der Waals surface area contributed by atoms with Crippen molar-refractivity contribution in [1.29, 1.82) is 0 Å². The van der Waals surface area contributed by atoms with Crippen LogP contribution in [-0.2, 0) is 14.6 Å². The molecule has 1 aliphatic heterocycles. The van der Waals surface area contributed by atoms with E-state index in [-0.39, 0.29) is 24.5 Å². The summed E-state index contributed by atoms with van der Waals surface area (Å²) in [5, 5.41) is 0. The van der Waals surface area contributed by atoms with Gasteiger partial charge in [0.25, 0.3) is 0 Å². The van der Waals surface area contributed by atoms with Crippen molar-refractivity contribution in [1.82, 2.24) is 4.90 Å². The highest BCUT2D eigenvalue weighted by Gasteiger charge is 2.31. The van der Waals surface area contributed by atoms with Gasteiger partial charge < -0.3 is 15.4 Å². The Kier molecular flexibility index (Phi) is 4.73. The Morgan fingerprint density at radius 2 is 2.06 bits per heavy atom. The molecule has 5 nitrogen and oxygen atoms in total. The molecule has 96 valence electrons. The van der Waals surface area contributed by atoms with Crippen LogP contribution in [0.1, 0.15) is 6.92 Å². The van der Waals surface area contributed by atoms with Gasteiger partial charge in [0, 0.05) is 25.4 Å². The smallest absolute Gasteiger partial charge is 0.149 e. The van der Waals surface area contributed by atoms with E-state index >= 15 is 0 Å². The molecule has 6 heteroatoms. The minimum Gasteiger partial charge on any atom is -0.375 e. The molecule has 0 bridgehead atoms. The van der Waals surface area contributed by atoms with Crippen molar-refractivity contribution in [3.05, 3.63) is 0 Å². The molecule has 1 saturated heterocycles. The standard InChI is InChI=1S/C10H22N2O3S/c1-8-6-12(2)7-9(11)10(8)15-4-5-16(3,13)14/h8-10H,4-7,11H2,1-3H3/t8-,9+,10-/m0/s1. The molecule has 3 atom stereocenters. The number of hydrogen-bond donors (Lipinski definition) is 1. The Balaban J connectivity index is 2.41. The Labute approximate surface area is 97.9 Å². The molecule has 16 heavy (non-hydrogen) atoms. The molecule has 0 aromatic carbocycles. The first kappa shape index (κ1) is 13.9. The summed E-state index contributed by atoms with van der Waals surface area (Å²) in [7, 11) is -0.916. The van der Waals surface area contributed by atoms with Crippen LogP contribution < -0.4 is 5.73 Å². The largest absolute Gasteiger partial charge is 0.375 e. The maximum absolute atomic E-state index is 11.0. The summed E-state index contributed by atoms with van der Waals surface area (Å²) >= 11 is 0. The number of nitrogens with zero attached hydrogens (tertiary/aromatic N) is 1. The first-order valence-corrected chi connectivity index (χ1v) is 7.59. The maximum atomic E-state index is 11.0. The van der Waals surface area contributed by atoms with Crippen LogP contribution in [0, 0.1) is 5.92 Å². The maximum Gasteiger partial charge on any atom is 0.149 e. The molecule has 0 unspecified atom stereocenters. The van der Waals surface area contributed by atoms with E-state index in [9.17, 15) is 8.42 Å². The van der Waals surface area contributed by atoms with Gasteiger partial charge in [-0.25, -0.2) is 8.42 Å². The zero-order valence-electron chi connectivity index (χ0n) is 10.2. The molecule has 1 aliphatic rings. The lowest BCUT2D eigenvalue weighted by atomic mass is 9.93. The highest BCUT2D eigenvalue weighted by Crippen LogP contribution is 2.18. The number of sulfone groups is 1. The number of rotatable bonds is 4. The highest BCUT2D eigenvalue weighted by molar-refractivity contribution is 7.90. The van der Waals surface area contributed by atoms with Gasteiger partial charge in [-0.15, -0.1) is 0 Å². The lowest BCUT2D eigenvalue weighted by molar-refractivity contribution is -0.0295. The molecular formula is C10H22N2O3S. The molecule has 0 saturated carbocycles. The summed E-state index contributed by atoms with van der Waals surface area (Å²) in [5.74, 6) is 0.409. The molecule has 0 amide bonds. The van der Waals surface area contributed by atoms with Crippen LogP contribution in [0.2, 0.25) is 0 Å². The fourth-order valence-electron chi connectivity index (χ4n) is 2.18. The van der Waals surface area contributed by atoms with E-state index in [1.54, 1.807) is 0 Å². The molecule has 0 aromatic heterocycles. The van der Waals surface area contributed by atoms with Crippen LogP contribution >= 0.6 is 0 Å². The van der Waals surface area contributed by atoms with Crippen molar-refractivity contribution in [3.63, 3.8) is 0 Å². The van der Waals surface area contributed by atoms with E-state index in [1.807, 2.05) is 7.05 Å². The average Bonchev–Trinajstić information content (AvgIpc) is 2.07. The van der Waals surface area contributed by atoms with Crippen LogP contribution in [0.5, 0.6) is 0 Å². The predicted octanol–water partition coefficient (Wildman–Crippen LogP) is -0.675. The van der Waals surface area contributed by atoms with Crippen LogP contribution in [0.25, 0.3) is 0 Å². The summed E-state index contributed by atoms with van der Waals surface area (Å²) in [6.45, 7) is 4.07. The lowest BCUT2D eigenvalue weighted by Gasteiger charge is -2.39. The summed E-state index contributed by atoms with van der Waals surface area (Å²) in [6.07, 6.45) is 1.19. The minimum atomic E-state index is -2.95. The van der Waals surface area contributed by atoms with E-state index in [4.69, 9.17) is 10.5 Å². The van der Waals surface area contributed by atoms with E-state index in [0.717, 1.165) is 13.1 Å². The van der Waals surface area contributed by atoms with Gasteiger partial charge in [-0.1, -0.05) is 6.92 Å². The number of likely N-dealkylation sites (tertiary alicyclic amines) is 1. The van der Waals surface area contributed by atoms with Crippen LogP contribution in [0.3, 0.4) is 0 Å². The SMILES string of the molecule is C[C@H]1CN(C)C[C@@H](N)[C@H]1OCCS(C)(=O)=O. The highest BCUT2D eigenvalue weighted by atomic mass is 32.2. The quantitative estimate of drug-likeness (QED) is 0.716. The van der Waals surface area contributed by atoms with Gasteiger partial charge in [-0.3, -0.25) is 0 Å². The molecular weight excluding hydrogens is 228 g/mol.